The van der Waals surface area contributed by atoms with Crippen LogP contribution in [0.4, 0.5) is 4.79 Å². The van der Waals surface area contributed by atoms with E-state index in [1.807, 2.05) is 0 Å². The lowest BCUT2D eigenvalue weighted by molar-refractivity contribution is -0.131. The van der Waals surface area contributed by atoms with E-state index >= 15 is 0 Å². The van der Waals surface area contributed by atoms with Gasteiger partial charge < -0.3 is 16.4 Å². The molecule has 2 fully saturated rings. The number of rotatable bonds is 6. The van der Waals surface area contributed by atoms with Gasteiger partial charge in [0, 0.05) is 19.6 Å². The zero-order chi connectivity index (χ0) is 16.2. The van der Waals surface area contributed by atoms with Crippen LogP contribution in [-0.2, 0) is 4.79 Å². The number of imide groups is 1. The van der Waals surface area contributed by atoms with Crippen LogP contribution in [0.3, 0.4) is 0 Å². The average molecular weight is 309 g/mol. The molecule has 1 saturated carbocycles. The fourth-order valence-electron chi connectivity index (χ4n) is 2.99. The lowest BCUT2D eigenvalue weighted by Gasteiger charge is -2.20. The molecular weight excluding hydrogens is 282 g/mol. The number of carbonyl (C=O) groups excluding carboxylic acids is 2. The van der Waals surface area contributed by atoms with Gasteiger partial charge in [-0.2, -0.15) is 0 Å². The summed E-state index contributed by atoms with van der Waals surface area (Å²) in [6, 6.07) is -0.256. The summed E-state index contributed by atoms with van der Waals surface area (Å²) in [5.41, 5.74) is 5.14. The second-order valence-electron chi connectivity index (χ2n) is 6.58. The van der Waals surface area contributed by atoms with Crippen molar-refractivity contribution in [2.45, 2.75) is 51.5 Å². The highest BCUT2D eigenvalue weighted by atomic mass is 16.2. The van der Waals surface area contributed by atoms with Gasteiger partial charge in [-0.05, 0) is 25.2 Å². The number of guanidine groups is 1. The van der Waals surface area contributed by atoms with E-state index < -0.39 is 5.54 Å². The normalized spacial score (nSPS) is 21.0. The molecule has 7 nitrogen and oxygen atoms in total. The first-order chi connectivity index (χ1) is 10.4. The lowest BCUT2D eigenvalue weighted by Crippen LogP contribution is -2.44. The molecule has 0 atom stereocenters. The molecule has 1 aliphatic heterocycles. The van der Waals surface area contributed by atoms with Crippen molar-refractivity contribution in [3.05, 3.63) is 0 Å². The summed E-state index contributed by atoms with van der Waals surface area (Å²) in [5, 5.41) is 5.89. The number of amides is 3. The van der Waals surface area contributed by atoms with Crippen molar-refractivity contribution in [3.8, 4) is 0 Å². The molecule has 0 aromatic rings. The molecule has 1 aliphatic carbocycles. The van der Waals surface area contributed by atoms with Crippen molar-refractivity contribution >= 4 is 17.9 Å². The standard InChI is InChI=1S/C15H27N5O2/c1-11(2)10-18-13(16)17-8-5-9-20-12(21)15(19-14(20)22)6-3-4-7-15/h11H,3-10H2,1-2H3,(H,19,22)(H3,16,17,18). The molecule has 7 heteroatoms. The van der Waals surface area contributed by atoms with Crippen LogP contribution in [0.2, 0.25) is 0 Å². The molecule has 0 bridgehead atoms. The summed E-state index contributed by atoms with van der Waals surface area (Å²) < 4.78 is 0. The summed E-state index contributed by atoms with van der Waals surface area (Å²) in [6.07, 6.45) is 4.20. The van der Waals surface area contributed by atoms with Gasteiger partial charge in [-0.15, -0.1) is 0 Å². The van der Waals surface area contributed by atoms with Gasteiger partial charge >= 0.3 is 6.03 Å². The molecule has 1 heterocycles. The third-order valence-electron chi connectivity index (χ3n) is 4.19. The molecule has 1 spiro atoms. The summed E-state index contributed by atoms with van der Waals surface area (Å²) >= 11 is 0. The highest BCUT2D eigenvalue weighted by Gasteiger charge is 2.51. The van der Waals surface area contributed by atoms with Crippen molar-refractivity contribution in [1.82, 2.24) is 15.5 Å². The topological polar surface area (TPSA) is 99.8 Å². The molecule has 3 amide bonds. The van der Waals surface area contributed by atoms with Crippen LogP contribution in [0.1, 0.15) is 46.0 Å². The first-order valence-corrected chi connectivity index (χ1v) is 8.12. The van der Waals surface area contributed by atoms with Crippen molar-refractivity contribution in [3.63, 3.8) is 0 Å². The molecule has 2 aliphatic rings. The van der Waals surface area contributed by atoms with E-state index in [0.717, 1.165) is 25.7 Å². The first kappa shape index (κ1) is 16.6. The maximum Gasteiger partial charge on any atom is 0.325 e. The van der Waals surface area contributed by atoms with Gasteiger partial charge in [-0.1, -0.05) is 26.7 Å². The van der Waals surface area contributed by atoms with Crippen LogP contribution in [-0.4, -0.2) is 48.0 Å². The summed E-state index contributed by atoms with van der Waals surface area (Å²) in [4.78, 5) is 29.9. The Kier molecular flexibility index (Phi) is 5.26. The number of urea groups is 1. The third kappa shape index (κ3) is 3.69. The van der Waals surface area contributed by atoms with Gasteiger partial charge in [0.1, 0.15) is 5.54 Å². The van der Waals surface area contributed by atoms with Gasteiger partial charge in [0.05, 0.1) is 0 Å². The zero-order valence-electron chi connectivity index (χ0n) is 13.5. The Morgan fingerprint density at radius 1 is 1.41 bits per heavy atom. The van der Waals surface area contributed by atoms with Crippen LogP contribution in [0, 0.1) is 5.92 Å². The Morgan fingerprint density at radius 2 is 2.09 bits per heavy atom. The largest absolute Gasteiger partial charge is 0.370 e. The molecule has 2 rings (SSSR count). The molecule has 0 radical (unpaired) electrons. The van der Waals surface area contributed by atoms with Gasteiger partial charge in [0.25, 0.3) is 5.91 Å². The predicted octanol–water partition coefficient (Wildman–Crippen LogP) is 0.801. The van der Waals surface area contributed by atoms with Crippen molar-refractivity contribution in [1.29, 1.82) is 0 Å². The van der Waals surface area contributed by atoms with Crippen molar-refractivity contribution in [2.75, 3.05) is 19.6 Å². The number of hydrogen-bond acceptors (Lipinski definition) is 3. The molecule has 4 N–H and O–H groups in total. The Labute approximate surface area is 131 Å². The summed E-state index contributed by atoms with van der Waals surface area (Å²) in [6.45, 7) is 5.85. The Balaban J connectivity index is 1.74. The first-order valence-electron chi connectivity index (χ1n) is 8.12. The minimum absolute atomic E-state index is 0.0588. The monoisotopic (exact) mass is 309 g/mol. The third-order valence-corrected chi connectivity index (χ3v) is 4.19. The van der Waals surface area contributed by atoms with Gasteiger partial charge in [0.15, 0.2) is 5.96 Å². The number of nitrogens with two attached hydrogens (primary N) is 1. The second kappa shape index (κ2) is 6.98. The van der Waals surface area contributed by atoms with Crippen LogP contribution in [0.15, 0.2) is 4.99 Å². The average Bonchev–Trinajstić information content (AvgIpc) is 3.01. The van der Waals surface area contributed by atoms with Gasteiger partial charge in [-0.25, -0.2) is 4.79 Å². The molecule has 22 heavy (non-hydrogen) atoms. The maximum absolute atomic E-state index is 12.4. The molecule has 1 saturated heterocycles. The summed E-state index contributed by atoms with van der Waals surface area (Å²) in [7, 11) is 0. The van der Waals surface area contributed by atoms with E-state index in [0.29, 0.717) is 37.9 Å². The van der Waals surface area contributed by atoms with E-state index in [1.165, 1.54) is 4.90 Å². The minimum atomic E-state index is -0.609. The van der Waals surface area contributed by atoms with E-state index in [9.17, 15) is 9.59 Å². The smallest absolute Gasteiger partial charge is 0.325 e. The quantitative estimate of drug-likeness (QED) is 0.292. The minimum Gasteiger partial charge on any atom is -0.370 e. The SMILES string of the molecule is CC(C)CN=C(N)NCCCN1C(=O)NC2(CCCC2)C1=O. The fourth-order valence-corrected chi connectivity index (χ4v) is 2.99. The Bertz CT molecular complexity index is 455. The van der Waals surface area contributed by atoms with E-state index in [4.69, 9.17) is 5.73 Å². The van der Waals surface area contributed by atoms with E-state index in [-0.39, 0.29) is 11.9 Å². The molecular formula is C15H27N5O2. The van der Waals surface area contributed by atoms with Crippen LogP contribution >= 0.6 is 0 Å². The molecule has 0 aromatic carbocycles. The highest BCUT2D eigenvalue weighted by Crippen LogP contribution is 2.34. The molecule has 0 unspecified atom stereocenters. The highest BCUT2D eigenvalue weighted by molar-refractivity contribution is 6.07. The van der Waals surface area contributed by atoms with Gasteiger partial charge in [-0.3, -0.25) is 14.7 Å². The number of aliphatic imine (C=N–C) groups is 1. The number of nitrogens with zero attached hydrogens (tertiary/aromatic N) is 2. The maximum atomic E-state index is 12.4. The second-order valence-corrected chi connectivity index (χ2v) is 6.58. The Morgan fingerprint density at radius 3 is 2.73 bits per heavy atom. The number of carbonyl (C=O) groups is 2. The summed E-state index contributed by atoms with van der Waals surface area (Å²) in [5.74, 6) is 0.823. The number of nitrogens with one attached hydrogen (secondary N) is 2. The van der Waals surface area contributed by atoms with Crippen LogP contribution in [0.25, 0.3) is 0 Å². The van der Waals surface area contributed by atoms with E-state index in [2.05, 4.69) is 29.5 Å². The van der Waals surface area contributed by atoms with E-state index in [1.54, 1.807) is 0 Å². The predicted molar refractivity (Wildman–Crippen MR) is 85.4 cm³/mol. The molecule has 0 aromatic heterocycles. The van der Waals surface area contributed by atoms with Crippen molar-refractivity contribution in [2.24, 2.45) is 16.6 Å². The van der Waals surface area contributed by atoms with Gasteiger partial charge in [0.2, 0.25) is 0 Å². The van der Waals surface area contributed by atoms with Crippen molar-refractivity contribution < 1.29 is 9.59 Å². The van der Waals surface area contributed by atoms with Crippen LogP contribution < -0.4 is 16.4 Å². The Hall–Kier alpha value is -1.79. The number of hydrogen-bond donors (Lipinski definition) is 3. The fraction of sp³-hybridized carbons (Fsp3) is 0.800. The molecule has 124 valence electrons. The lowest BCUT2D eigenvalue weighted by atomic mass is 9.98. The zero-order valence-corrected chi connectivity index (χ0v) is 13.5. The van der Waals surface area contributed by atoms with Crippen LogP contribution in [0.5, 0.6) is 0 Å².